The summed E-state index contributed by atoms with van der Waals surface area (Å²) in [6, 6.07) is 4.03. The van der Waals surface area contributed by atoms with E-state index >= 15 is 0 Å². The fraction of sp³-hybridized carbons (Fsp3) is 0.333. The summed E-state index contributed by atoms with van der Waals surface area (Å²) in [5.41, 5.74) is 0.523. The van der Waals surface area contributed by atoms with Gasteiger partial charge in [-0.2, -0.15) is 13.2 Å². The summed E-state index contributed by atoms with van der Waals surface area (Å²) in [5.74, 6) is -0.611. The molecule has 0 spiro atoms. The summed E-state index contributed by atoms with van der Waals surface area (Å²) in [4.78, 5) is 0. The van der Waals surface area contributed by atoms with Gasteiger partial charge in [0, 0.05) is 12.1 Å². The molecule has 0 aliphatic heterocycles. The van der Waals surface area contributed by atoms with Gasteiger partial charge in [0.05, 0.1) is 12.3 Å². The monoisotopic (exact) mass is 327 g/mol. The van der Waals surface area contributed by atoms with Gasteiger partial charge >= 0.3 is 6.18 Å². The van der Waals surface area contributed by atoms with Crippen molar-refractivity contribution in [2.75, 3.05) is 18.5 Å². The van der Waals surface area contributed by atoms with Crippen LogP contribution in [-0.2, 0) is 6.18 Å². The average Bonchev–Trinajstić information content (AvgIpc) is 2.43. The van der Waals surface area contributed by atoms with E-state index in [-0.39, 0.29) is 30.2 Å². The van der Waals surface area contributed by atoms with E-state index in [9.17, 15) is 18.3 Å². The number of nitrogens with one attached hydrogen (secondary N) is 1. The molecule has 8 heteroatoms. The molecule has 2 rings (SSSR count). The SMILES string of the molecule is Cc1cc(C)c(-c2cc(C(F)(F)F)c(NCCO)nn2)c(O)c1. The van der Waals surface area contributed by atoms with Crippen LogP contribution in [0.4, 0.5) is 19.0 Å². The molecule has 2 aromatic rings. The van der Waals surface area contributed by atoms with Crippen LogP contribution in [0.15, 0.2) is 18.2 Å². The molecule has 3 N–H and O–H groups in total. The van der Waals surface area contributed by atoms with Crippen molar-refractivity contribution in [1.82, 2.24) is 10.2 Å². The second kappa shape index (κ2) is 6.41. The lowest BCUT2D eigenvalue weighted by atomic mass is 10.0. The minimum absolute atomic E-state index is 0.0677. The van der Waals surface area contributed by atoms with Gasteiger partial charge in [-0.25, -0.2) is 0 Å². The predicted octanol–water partition coefficient (Wildman–Crippen LogP) is 2.89. The van der Waals surface area contributed by atoms with Crippen LogP contribution >= 0.6 is 0 Å². The number of aromatic nitrogens is 2. The molecule has 5 nitrogen and oxygen atoms in total. The molecule has 0 atom stereocenters. The van der Waals surface area contributed by atoms with Crippen molar-refractivity contribution in [3.05, 3.63) is 34.9 Å². The van der Waals surface area contributed by atoms with Crippen molar-refractivity contribution in [3.63, 3.8) is 0 Å². The van der Waals surface area contributed by atoms with E-state index in [0.717, 1.165) is 11.6 Å². The number of anilines is 1. The maximum absolute atomic E-state index is 13.2. The third-order valence-electron chi connectivity index (χ3n) is 3.22. The highest BCUT2D eigenvalue weighted by atomic mass is 19.4. The number of phenolic OH excluding ortho intramolecular Hbond substituents is 1. The maximum Gasteiger partial charge on any atom is 0.420 e. The highest BCUT2D eigenvalue weighted by Crippen LogP contribution is 2.38. The third kappa shape index (κ3) is 3.70. The van der Waals surface area contributed by atoms with Gasteiger partial charge in [-0.1, -0.05) is 6.07 Å². The summed E-state index contributed by atoms with van der Waals surface area (Å²) in [6.07, 6.45) is -4.64. The van der Waals surface area contributed by atoms with E-state index in [2.05, 4.69) is 15.5 Å². The number of hydrogen-bond acceptors (Lipinski definition) is 5. The second-order valence-corrected chi connectivity index (χ2v) is 5.12. The summed E-state index contributed by atoms with van der Waals surface area (Å²) < 4.78 is 39.6. The van der Waals surface area contributed by atoms with Gasteiger partial charge in [0.1, 0.15) is 11.3 Å². The van der Waals surface area contributed by atoms with Crippen molar-refractivity contribution in [2.45, 2.75) is 20.0 Å². The van der Waals surface area contributed by atoms with E-state index < -0.39 is 17.6 Å². The molecule has 0 aliphatic rings. The number of benzene rings is 1. The standard InChI is InChI=1S/C15H16F3N3O2/c1-8-5-9(2)13(12(23)6-8)11-7-10(15(16,17)18)14(21-20-11)19-3-4-22/h5-7,22-23H,3-4H2,1-2H3,(H,19,21). The molecule has 1 heterocycles. The summed E-state index contributed by atoms with van der Waals surface area (Å²) >= 11 is 0. The minimum Gasteiger partial charge on any atom is -0.507 e. The Morgan fingerprint density at radius 3 is 2.39 bits per heavy atom. The quantitative estimate of drug-likeness (QED) is 0.805. The van der Waals surface area contributed by atoms with Gasteiger partial charge in [-0.05, 0) is 37.1 Å². The van der Waals surface area contributed by atoms with E-state index in [4.69, 9.17) is 5.11 Å². The van der Waals surface area contributed by atoms with Crippen molar-refractivity contribution in [2.24, 2.45) is 0 Å². The minimum atomic E-state index is -4.64. The van der Waals surface area contributed by atoms with E-state index in [1.165, 1.54) is 6.07 Å². The lowest BCUT2D eigenvalue weighted by Crippen LogP contribution is -2.16. The molecule has 1 aromatic heterocycles. The Labute approximate surface area is 130 Å². The van der Waals surface area contributed by atoms with Gasteiger partial charge in [0.15, 0.2) is 5.82 Å². The van der Waals surface area contributed by atoms with Crippen LogP contribution in [0.25, 0.3) is 11.3 Å². The van der Waals surface area contributed by atoms with Crippen molar-refractivity contribution in [1.29, 1.82) is 0 Å². The van der Waals surface area contributed by atoms with Crippen LogP contribution in [0, 0.1) is 13.8 Å². The Morgan fingerprint density at radius 2 is 1.83 bits per heavy atom. The molecular formula is C15H16F3N3O2. The average molecular weight is 327 g/mol. The number of rotatable bonds is 4. The topological polar surface area (TPSA) is 78.3 Å². The number of alkyl halides is 3. The molecule has 0 fully saturated rings. The zero-order valence-electron chi connectivity index (χ0n) is 12.6. The lowest BCUT2D eigenvalue weighted by Gasteiger charge is -2.15. The predicted molar refractivity (Wildman–Crippen MR) is 79.2 cm³/mol. The Balaban J connectivity index is 2.58. The molecular weight excluding hydrogens is 311 g/mol. The molecule has 0 radical (unpaired) electrons. The molecule has 0 aliphatic carbocycles. The summed E-state index contributed by atoms with van der Waals surface area (Å²) in [6.45, 7) is 3.03. The molecule has 0 unspecified atom stereocenters. The molecule has 0 amide bonds. The third-order valence-corrected chi connectivity index (χ3v) is 3.22. The number of aliphatic hydroxyl groups is 1. The highest BCUT2D eigenvalue weighted by molar-refractivity contribution is 5.72. The smallest absolute Gasteiger partial charge is 0.420 e. The molecule has 0 saturated carbocycles. The second-order valence-electron chi connectivity index (χ2n) is 5.12. The van der Waals surface area contributed by atoms with Crippen LogP contribution in [0.5, 0.6) is 5.75 Å². The molecule has 23 heavy (non-hydrogen) atoms. The largest absolute Gasteiger partial charge is 0.507 e. The van der Waals surface area contributed by atoms with Gasteiger partial charge in [0.2, 0.25) is 0 Å². The fourth-order valence-electron chi connectivity index (χ4n) is 2.31. The van der Waals surface area contributed by atoms with E-state index in [0.29, 0.717) is 5.56 Å². The first kappa shape index (κ1) is 17.0. The first-order chi connectivity index (χ1) is 10.7. The first-order valence-corrected chi connectivity index (χ1v) is 6.84. The van der Waals surface area contributed by atoms with Gasteiger partial charge in [-0.3, -0.25) is 0 Å². The van der Waals surface area contributed by atoms with E-state index in [1.807, 2.05) is 0 Å². The number of aromatic hydroxyl groups is 1. The molecule has 0 bridgehead atoms. The number of nitrogens with zero attached hydrogens (tertiary/aromatic N) is 2. The zero-order chi connectivity index (χ0) is 17.2. The van der Waals surface area contributed by atoms with Crippen LogP contribution < -0.4 is 5.32 Å². The normalized spacial score (nSPS) is 11.6. The Bertz CT molecular complexity index is 695. The summed E-state index contributed by atoms with van der Waals surface area (Å²) in [5, 5.41) is 28.5. The number of hydrogen-bond donors (Lipinski definition) is 3. The van der Waals surface area contributed by atoms with Crippen molar-refractivity contribution < 1.29 is 23.4 Å². The van der Waals surface area contributed by atoms with Crippen molar-refractivity contribution >= 4 is 5.82 Å². The first-order valence-electron chi connectivity index (χ1n) is 6.84. The maximum atomic E-state index is 13.2. The number of aryl methyl sites for hydroxylation is 2. The molecule has 1 aromatic carbocycles. The molecule has 124 valence electrons. The Hall–Kier alpha value is -2.35. The van der Waals surface area contributed by atoms with Crippen LogP contribution in [0.3, 0.4) is 0 Å². The molecule has 0 saturated heterocycles. The van der Waals surface area contributed by atoms with Gasteiger partial charge < -0.3 is 15.5 Å². The van der Waals surface area contributed by atoms with Crippen LogP contribution in [0.2, 0.25) is 0 Å². The van der Waals surface area contributed by atoms with Crippen LogP contribution in [0.1, 0.15) is 16.7 Å². The Kier molecular flexibility index (Phi) is 4.74. The lowest BCUT2D eigenvalue weighted by molar-refractivity contribution is -0.137. The van der Waals surface area contributed by atoms with Gasteiger partial charge in [-0.15, -0.1) is 10.2 Å². The van der Waals surface area contributed by atoms with Crippen LogP contribution in [-0.4, -0.2) is 33.6 Å². The van der Waals surface area contributed by atoms with Gasteiger partial charge in [0.25, 0.3) is 0 Å². The van der Waals surface area contributed by atoms with Crippen molar-refractivity contribution in [3.8, 4) is 17.0 Å². The number of phenols is 1. The fourth-order valence-corrected chi connectivity index (χ4v) is 2.31. The zero-order valence-corrected chi connectivity index (χ0v) is 12.6. The Morgan fingerprint density at radius 1 is 1.13 bits per heavy atom. The van der Waals surface area contributed by atoms with E-state index in [1.54, 1.807) is 19.9 Å². The number of halogens is 3. The highest BCUT2D eigenvalue weighted by Gasteiger charge is 2.35. The number of aliphatic hydroxyl groups excluding tert-OH is 1. The summed E-state index contributed by atoms with van der Waals surface area (Å²) in [7, 11) is 0.